The topological polar surface area (TPSA) is 45.5 Å². The summed E-state index contributed by atoms with van der Waals surface area (Å²) < 4.78 is 11.6. The molecule has 0 aromatic heterocycles. The standard InChI is InChI=1S/C12H13BrN2O2/c1-16-12(17-2)7-15(8-12)11-5-10(13)4-3-9(11)6-14/h3-5H,7-8H2,1-2H3. The van der Waals surface area contributed by atoms with Crippen molar-refractivity contribution in [1.29, 1.82) is 5.26 Å². The Hall–Kier alpha value is -1.09. The SMILES string of the molecule is COC1(OC)CN(c2cc(Br)ccc2C#N)C1. The van der Waals surface area contributed by atoms with Crippen molar-refractivity contribution in [2.24, 2.45) is 0 Å². The molecule has 1 aromatic rings. The lowest BCUT2D eigenvalue weighted by molar-refractivity contribution is -0.219. The molecule has 0 saturated carbocycles. The molecular weight excluding hydrogens is 284 g/mol. The van der Waals surface area contributed by atoms with Gasteiger partial charge in [-0.05, 0) is 18.2 Å². The van der Waals surface area contributed by atoms with Crippen molar-refractivity contribution in [3.63, 3.8) is 0 Å². The van der Waals surface area contributed by atoms with Crippen LogP contribution in [0.4, 0.5) is 5.69 Å². The van der Waals surface area contributed by atoms with Crippen molar-refractivity contribution in [3.8, 4) is 6.07 Å². The van der Waals surface area contributed by atoms with E-state index in [-0.39, 0.29) is 0 Å². The zero-order valence-corrected chi connectivity index (χ0v) is 11.3. The number of anilines is 1. The first kappa shape index (κ1) is 12.4. The van der Waals surface area contributed by atoms with E-state index in [9.17, 15) is 0 Å². The van der Waals surface area contributed by atoms with E-state index in [0.717, 1.165) is 10.2 Å². The maximum Gasteiger partial charge on any atom is 0.203 e. The summed E-state index contributed by atoms with van der Waals surface area (Å²) in [4.78, 5) is 2.07. The van der Waals surface area contributed by atoms with Gasteiger partial charge in [-0.25, -0.2) is 0 Å². The fraction of sp³-hybridized carbons (Fsp3) is 0.417. The Labute approximate surface area is 109 Å². The van der Waals surface area contributed by atoms with E-state index in [4.69, 9.17) is 14.7 Å². The van der Waals surface area contributed by atoms with E-state index in [2.05, 4.69) is 26.9 Å². The van der Waals surface area contributed by atoms with Crippen LogP contribution < -0.4 is 4.90 Å². The van der Waals surface area contributed by atoms with Gasteiger partial charge in [-0.3, -0.25) is 0 Å². The van der Waals surface area contributed by atoms with Gasteiger partial charge < -0.3 is 14.4 Å². The minimum atomic E-state index is -0.533. The molecule has 5 heteroatoms. The van der Waals surface area contributed by atoms with E-state index in [1.807, 2.05) is 12.1 Å². The third kappa shape index (κ3) is 2.16. The minimum absolute atomic E-state index is 0.533. The number of nitriles is 1. The van der Waals surface area contributed by atoms with Crippen molar-refractivity contribution in [2.45, 2.75) is 5.79 Å². The number of nitrogens with zero attached hydrogens (tertiary/aromatic N) is 2. The molecule has 0 amide bonds. The van der Waals surface area contributed by atoms with Gasteiger partial charge in [0.05, 0.1) is 24.3 Å². The Morgan fingerprint density at radius 1 is 1.35 bits per heavy atom. The molecule has 1 aliphatic heterocycles. The highest BCUT2D eigenvalue weighted by Crippen LogP contribution is 2.34. The van der Waals surface area contributed by atoms with E-state index in [1.165, 1.54) is 0 Å². The Morgan fingerprint density at radius 2 is 2.00 bits per heavy atom. The lowest BCUT2D eigenvalue weighted by atomic mass is 10.0. The molecule has 1 fully saturated rings. The molecule has 1 saturated heterocycles. The third-order valence-electron chi connectivity index (χ3n) is 3.03. The van der Waals surface area contributed by atoms with Gasteiger partial charge in [0.25, 0.3) is 0 Å². The molecule has 0 bridgehead atoms. The molecule has 0 N–H and O–H groups in total. The second kappa shape index (κ2) is 4.65. The van der Waals surface area contributed by atoms with Crippen LogP contribution in [0.15, 0.2) is 22.7 Å². The van der Waals surface area contributed by atoms with E-state index in [0.29, 0.717) is 18.7 Å². The number of halogens is 1. The van der Waals surface area contributed by atoms with Gasteiger partial charge in [-0.15, -0.1) is 0 Å². The zero-order chi connectivity index (χ0) is 12.5. The first-order valence-corrected chi connectivity index (χ1v) is 5.98. The van der Waals surface area contributed by atoms with E-state index in [1.54, 1.807) is 20.3 Å². The Balaban J connectivity index is 2.21. The van der Waals surface area contributed by atoms with Crippen LogP contribution in [0.2, 0.25) is 0 Å². The highest BCUT2D eigenvalue weighted by Gasteiger charge is 2.44. The van der Waals surface area contributed by atoms with Crippen LogP contribution in [-0.2, 0) is 9.47 Å². The molecule has 0 unspecified atom stereocenters. The van der Waals surface area contributed by atoms with Crippen LogP contribution in [0.3, 0.4) is 0 Å². The van der Waals surface area contributed by atoms with Crippen LogP contribution in [-0.4, -0.2) is 33.1 Å². The monoisotopic (exact) mass is 296 g/mol. The first-order valence-electron chi connectivity index (χ1n) is 5.19. The average molecular weight is 297 g/mol. The summed E-state index contributed by atoms with van der Waals surface area (Å²) in [5.74, 6) is -0.533. The van der Waals surface area contributed by atoms with Crippen molar-refractivity contribution < 1.29 is 9.47 Å². The van der Waals surface area contributed by atoms with Gasteiger partial charge >= 0.3 is 0 Å². The molecule has 1 aliphatic rings. The van der Waals surface area contributed by atoms with Crippen molar-refractivity contribution >= 4 is 21.6 Å². The van der Waals surface area contributed by atoms with E-state index < -0.39 is 5.79 Å². The number of methoxy groups -OCH3 is 2. The largest absolute Gasteiger partial charge is 0.359 e. The summed E-state index contributed by atoms with van der Waals surface area (Å²) in [6.07, 6.45) is 0. The number of ether oxygens (including phenoxy) is 2. The summed E-state index contributed by atoms with van der Waals surface area (Å²) in [7, 11) is 3.26. The minimum Gasteiger partial charge on any atom is -0.359 e. The Kier molecular flexibility index (Phi) is 3.38. The quantitative estimate of drug-likeness (QED) is 0.802. The molecule has 2 rings (SSSR count). The highest BCUT2D eigenvalue weighted by molar-refractivity contribution is 9.10. The Bertz CT molecular complexity index is 458. The molecule has 0 radical (unpaired) electrons. The van der Waals surface area contributed by atoms with Crippen molar-refractivity contribution in [1.82, 2.24) is 0 Å². The summed E-state index contributed by atoms with van der Waals surface area (Å²) in [6.45, 7) is 1.26. The lowest BCUT2D eigenvalue weighted by Crippen LogP contribution is -2.64. The molecule has 4 nitrogen and oxygen atoms in total. The van der Waals surface area contributed by atoms with Gasteiger partial charge in [0.15, 0.2) is 0 Å². The van der Waals surface area contributed by atoms with Gasteiger partial charge in [0.1, 0.15) is 6.07 Å². The van der Waals surface area contributed by atoms with Crippen molar-refractivity contribution in [3.05, 3.63) is 28.2 Å². The zero-order valence-electron chi connectivity index (χ0n) is 9.74. The number of hydrogen-bond acceptors (Lipinski definition) is 4. The third-order valence-corrected chi connectivity index (χ3v) is 3.52. The van der Waals surface area contributed by atoms with Crippen LogP contribution >= 0.6 is 15.9 Å². The van der Waals surface area contributed by atoms with E-state index >= 15 is 0 Å². The number of hydrogen-bond donors (Lipinski definition) is 0. The summed E-state index contributed by atoms with van der Waals surface area (Å²) >= 11 is 3.41. The first-order chi connectivity index (χ1) is 8.14. The average Bonchev–Trinajstić information content (AvgIpc) is 2.29. The number of rotatable bonds is 3. The molecule has 90 valence electrons. The molecule has 1 heterocycles. The maximum absolute atomic E-state index is 9.07. The molecule has 1 aromatic carbocycles. The molecule has 0 spiro atoms. The predicted molar refractivity (Wildman–Crippen MR) is 67.8 cm³/mol. The fourth-order valence-corrected chi connectivity index (χ4v) is 2.26. The van der Waals surface area contributed by atoms with Crippen LogP contribution in [0.25, 0.3) is 0 Å². The Morgan fingerprint density at radius 3 is 2.53 bits per heavy atom. The normalized spacial score (nSPS) is 17.4. The van der Waals surface area contributed by atoms with Crippen LogP contribution in [0.1, 0.15) is 5.56 Å². The lowest BCUT2D eigenvalue weighted by Gasteiger charge is -2.48. The highest BCUT2D eigenvalue weighted by atomic mass is 79.9. The van der Waals surface area contributed by atoms with Gasteiger partial charge in [0.2, 0.25) is 5.79 Å². The molecular formula is C12H13BrN2O2. The summed E-state index contributed by atoms with van der Waals surface area (Å²) in [6, 6.07) is 7.80. The molecule has 0 atom stereocenters. The summed E-state index contributed by atoms with van der Waals surface area (Å²) in [5.41, 5.74) is 1.57. The second-order valence-corrected chi connectivity index (χ2v) is 4.86. The smallest absolute Gasteiger partial charge is 0.203 e. The van der Waals surface area contributed by atoms with Gasteiger partial charge in [0, 0.05) is 18.7 Å². The summed E-state index contributed by atoms with van der Waals surface area (Å²) in [5, 5.41) is 9.07. The molecule has 0 aliphatic carbocycles. The second-order valence-electron chi connectivity index (χ2n) is 3.95. The van der Waals surface area contributed by atoms with Crippen molar-refractivity contribution in [2.75, 3.05) is 32.2 Å². The van der Waals surface area contributed by atoms with Gasteiger partial charge in [-0.2, -0.15) is 5.26 Å². The molecule has 17 heavy (non-hydrogen) atoms. The fourth-order valence-electron chi connectivity index (χ4n) is 1.91. The maximum atomic E-state index is 9.07. The number of benzene rings is 1. The van der Waals surface area contributed by atoms with Gasteiger partial charge in [-0.1, -0.05) is 15.9 Å². The predicted octanol–water partition coefficient (Wildman–Crippen LogP) is 2.13. The van der Waals surface area contributed by atoms with Crippen LogP contribution in [0, 0.1) is 11.3 Å². The van der Waals surface area contributed by atoms with Crippen LogP contribution in [0.5, 0.6) is 0 Å².